The minimum atomic E-state index is -0.0235. The fraction of sp³-hybridized carbons (Fsp3) is 0.588. The Hall–Kier alpha value is -1.12. The minimum Gasteiger partial charge on any atom is -0.327 e. The highest BCUT2D eigenvalue weighted by atomic mass is 31.0. The molecule has 1 aromatic rings. The molecule has 1 aliphatic rings. The van der Waals surface area contributed by atoms with Crippen molar-refractivity contribution in [2.75, 3.05) is 32.0 Å². The molecule has 1 aliphatic heterocycles. The van der Waals surface area contributed by atoms with Gasteiger partial charge in [-0.3, -0.25) is 4.67 Å². The fourth-order valence-electron chi connectivity index (χ4n) is 3.02. The van der Waals surface area contributed by atoms with Gasteiger partial charge in [0.05, 0.1) is 0 Å². The summed E-state index contributed by atoms with van der Waals surface area (Å²) in [5, 5.41) is 3.09. The first kappa shape index (κ1) is 17.2. The molecule has 0 bridgehead atoms. The van der Waals surface area contributed by atoms with Crippen molar-refractivity contribution in [1.82, 2.24) is 9.57 Å². The lowest BCUT2D eigenvalue weighted by Gasteiger charge is -2.30. The lowest BCUT2D eigenvalue weighted by atomic mass is 9.89. The van der Waals surface area contributed by atoms with E-state index in [-0.39, 0.29) is 6.03 Å². The molecule has 2 rings (SSSR count). The van der Waals surface area contributed by atoms with Gasteiger partial charge in [-0.05, 0) is 36.3 Å². The summed E-state index contributed by atoms with van der Waals surface area (Å²) in [7, 11) is 4.63. The zero-order valence-corrected chi connectivity index (χ0v) is 15.0. The van der Waals surface area contributed by atoms with Gasteiger partial charge < -0.3 is 10.2 Å². The fourth-order valence-corrected chi connectivity index (χ4v) is 3.32. The Bertz CT molecular complexity index is 498. The lowest BCUT2D eigenvalue weighted by molar-refractivity contribution is 0.217. The number of urea groups is 1. The van der Waals surface area contributed by atoms with Crippen molar-refractivity contribution < 1.29 is 4.79 Å². The predicted molar refractivity (Wildman–Crippen MR) is 96.2 cm³/mol. The van der Waals surface area contributed by atoms with Crippen molar-refractivity contribution >= 4 is 21.1 Å². The zero-order valence-electron chi connectivity index (χ0n) is 13.9. The number of para-hydroxylation sites is 1. The molecule has 1 atom stereocenters. The molecule has 0 radical (unpaired) electrons. The van der Waals surface area contributed by atoms with Gasteiger partial charge in [-0.15, -0.1) is 0 Å². The van der Waals surface area contributed by atoms with Crippen LogP contribution >= 0.6 is 9.39 Å². The van der Waals surface area contributed by atoms with Crippen LogP contribution in [0.4, 0.5) is 10.5 Å². The summed E-state index contributed by atoms with van der Waals surface area (Å²) in [6, 6.07) is 8.21. The van der Waals surface area contributed by atoms with Crippen molar-refractivity contribution in [2.45, 2.75) is 32.6 Å². The molecule has 0 spiro atoms. The van der Waals surface area contributed by atoms with E-state index in [9.17, 15) is 4.79 Å². The summed E-state index contributed by atoms with van der Waals surface area (Å²) in [6.07, 6.45) is 2.27. The van der Waals surface area contributed by atoms with Gasteiger partial charge in [0.2, 0.25) is 0 Å². The first-order valence-corrected chi connectivity index (χ1v) is 8.59. The maximum atomic E-state index is 12.3. The van der Waals surface area contributed by atoms with Gasteiger partial charge in [-0.2, -0.15) is 0 Å². The lowest BCUT2D eigenvalue weighted by Crippen LogP contribution is -2.34. The Kier molecular flexibility index (Phi) is 6.22. The summed E-state index contributed by atoms with van der Waals surface area (Å²) in [4.78, 5) is 14.1. The molecule has 0 saturated carbocycles. The molecule has 5 heteroatoms. The summed E-state index contributed by atoms with van der Waals surface area (Å²) in [5.74, 6) is 1.00. The second-order valence-electron chi connectivity index (χ2n) is 6.60. The minimum absolute atomic E-state index is 0.0235. The quantitative estimate of drug-likeness (QED) is 0.857. The Balaban J connectivity index is 2.06. The summed E-state index contributed by atoms with van der Waals surface area (Å²) in [5.41, 5.74) is 2.23. The van der Waals surface area contributed by atoms with Crippen LogP contribution in [0, 0.1) is 5.92 Å². The summed E-state index contributed by atoms with van der Waals surface area (Å²) in [6.45, 7) is 7.18. The van der Waals surface area contributed by atoms with Crippen LogP contribution in [0.5, 0.6) is 0 Å². The summed E-state index contributed by atoms with van der Waals surface area (Å²) < 4.78 is 2.29. The van der Waals surface area contributed by atoms with E-state index >= 15 is 0 Å². The van der Waals surface area contributed by atoms with E-state index in [2.05, 4.69) is 45.4 Å². The van der Waals surface area contributed by atoms with Crippen molar-refractivity contribution in [3.8, 4) is 0 Å². The number of carbonyl (C=O) groups is 1. The average Bonchev–Trinajstić information content (AvgIpc) is 2.48. The summed E-state index contributed by atoms with van der Waals surface area (Å²) >= 11 is 0. The van der Waals surface area contributed by atoms with Crippen LogP contribution in [-0.2, 0) is 0 Å². The number of benzene rings is 1. The van der Waals surface area contributed by atoms with Crippen LogP contribution in [0.1, 0.15) is 38.2 Å². The van der Waals surface area contributed by atoms with Crippen LogP contribution in [0.15, 0.2) is 24.3 Å². The maximum absolute atomic E-state index is 12.3. The van der Waals surface area contributed by atoms with E-state index in [0.29, 0.717) is 11.8 Å². The normalized spacial score (nSPS) is 16.8. The van der Waals surface area contributed by atoms with Gasteiger partial charge in [0.1, 0.15) is 0 Å². The van der Waals surface area contributed by atoms with Gasteiger partial charge >= 0.3 is 6.03 Å². The molecule has 1 N–H and O–H groups in total. The molecule has 0 aromatic heterocycles. The van der Waals surface area contributed by atoms with Gasteiger partial charge in [-0.25, -0.2) is 4.79 Å². The molecule has 1 heterocycles. The molecule has 22 heavy (non-hydrogen) atoms. The van der Waals surface area contributed by atoms with Gasteiger partial charge in [0.25, 0.3) is 0 Å². The van der Waals surface area contributed by atoms with E-state index < -0.39 is 0 Å². The predicted octanol–water partition coefficient (Wildman–Crippen LogP) is 3.78. The van der Waals surface area contributed by atoms with E-state index in [1.54, 1.807) is 4.90 Å². The van der Waals surface area contributed by atoms with Crippen molar-refractivity contribution in [1.29, 1.82) is 0 Å². The highest BCUT2D eigenvalue weighted by Gasteiger charge is 2.21. The van der Waals surface area contributed by atoms with Crippen LogP contribution in [0.3, 0.4) is 0 Å². The highest BCUT2D eigenvalue weighted by molar-refractivity contribution is 7.13. The molecule has 0 aliphatic carbocycles. The third-order valence-corrected chi connectivity index (χ3v) is 4.67. The third kappa shape index (κ3) is 4.69. The SMILES string of the molecule is CC(C)CN(C)C(=O)Nc1ccccc1C1CCN(P)CC1. The Labute approximate surface area is 136 Å². The van der Waals surface area contributed by atoms with Gasteiger partial charge in [0.15, 0.2) is 0 Å². The van der Waals surface area contributed by atoms with E-state index in [1.165, 1.54) is 5.56 Å². The molecular formula is C17H28N3OP. The van der Waals surface area contributed by atoms with E-state index in [0.717, 1.165) is 38.2 Å². The number of piperidine rings is 1. The molecule has 1 saturated heterocycles. The van der Waals surface area contributed by atoms with Crippen LogP contribution in [0.25, 0.3) is 0 Å². The third-order valence-electron chi connectivity index (χ3n) is 4.16. The second-order valence-corrected chi connectivity index (χ2v) is 7.33. The van der Waals surface area contributed by atoms with E-state index in [1.807, 2.05) is 19.2 Å². The number of anilines is 1. The zero-order chi connectivity index (χ0) is 16.1. The number of hydrogen-bond acceptors (Lipinski definition) is 2. The Morgan fingerprint density at radius 3 is 2.64 bits per heavy atom. The first-order valence-electron chi connectivity index (χ1n) is 8.08. The monoisotopic (exact) mass is 321 g/mol. The standard InChI is InChI=1S/C17H28N3OP/c1-13(2)12-19(3)17(21)18-16-7-5-4-6-15(16)14-8-10-20(22)11-9-14/h4-7,13-14H,8-12,22H2,1-3H3,(H,18,21). The van der Waals surface area contributed by atoms with Gasteiger partial charge in [0, 0.05) is 32.4 Å². The van der Waals surface area contributed by atoms with Crippen LogP contribution in [0.2, 0.25) is 0 Å². The van der Waals surface area contributed by atoms with Crippen LogP contribution < -0.4 is 5.32 Å². The molecule has 2 amide bonds. The molecule has 1 fully saturated rings. The second kappa shape index (κ2) is 7.94. The van der Waals surface area contributed by atoms with E-state index in [4.69, 9.17) is 0 Å². The number of amides is 2. The number of nitrogens with one attached hydrogen (secondary N) is 1. The first-order chi connectivity index (χ1) is 10.5. The number of nitrogens with zero attached hydrogens (tertiary/aromatic N) is 2. The van der Waals surface area contributed by atoms with Crippen LogP contribution in [-0.4, -0.2) is 42.3 Å². The molecule has 122 valence electrons. The molecular weight excluding hydrogens is 293 g/mol. The topological polar surface area (TPSA) is 35.6 Å². The molecule has 1 aromatic carbocycles. The molecule has 4 nitrogen and oxygen atoms in total. The smallest absolute Gasteiger partial charge is 0.321 e. The van der Waals surface area contributed by atoms with Gasteiger partial charge in [-0.1, -0.05) is 41.4 Å². The van der Waals surface area contributed by atoms with Crippen molar-refractivity contribution in [3.63, 3.8) is 0 Å². The average molecular weight is 321 g/mol. The maximum Gasteiger partial charge on any atom is 0.321 e. The van der Waals surface area contributed by atoms with Crippen molar-refractivity contribution in [3.05, 3.63) is 29.8 Å². The molecule has 1 unspecified atom stereocenters. The Morgan fingerprint density at radius 2 is 2.00 bits per heavy atom. The number of rotatable bonds is 4. The van der Waals surface area contributed by atoms with Crippen molar-refractivity contribution in [2.24, 2.45) is 5.92 Å². The number of hydrogen-bond donors (Lipinski definition) is 1. The highest BCUT2D eigenvalue weighted by Crippen LogP contribution is 2.33. The number of carbonyl (C=O) groups excluding carboxylic acids is 1. The Morgan fingerprint density at radius 1 is 1.36 bits per heavy atom. The largest absolute Gasteiger partial charge is 0.327 e.